The molecule has 0 radical (unpaired) electrons. The van der Waals surface area contributed by atoms with Crippen molar-refractivity contribution in [3.05, 3.63) is 24.3 Å². The van der Waals surface area contributed by atoms with Gasteiger partial charge in [0.15, 0.2) is 0 Å². The van der Waals surface area contributed by atoms with Gasteiger partial charge in [0.25, 0.3) is 0 Å². The molecule has 3 rings (SSSR count). The van der Waals surface area contributed by atoms with E-state index in [9.17, 15) is 0 Å². The summed E-state index contributed by atoms with van der Waals surface area (Å²) in [6, 6.07) is 8.82. The molecule has 18 heavy (non-hydrogen) atoms. The van der Waals surface area contributed by atoms with Crippen molar-refractivity contribution in [1.82, 2.24) is 14.9 Å². The summed E-state index contributed by atoms with van der Waals surface area (Å²) in [6.07, 6.45) is 1.17. The maximum absolute atomic E-state index is 4.79. The Balaban J connectivity index is 2.04. The van der Waals surface area contributed by atoms with E-state index in [1.54, 1.807) is 0 Å². The van der Waals surface area contributed by atoms with Crippen molar-refractivity contribution in [3.8, 4) is 0 Å². The van der Waals surface area contributed by atoms with E-state index >= 15 is 0 Å². The molecule has 0 aliphatic carbocycles. The molecule has 4 heteroatoms. The van der Waals surface area contributed by atoms with Gasteiger partial charge in [-0.3, -0.25) is 0 Å². The highest BCUT2D eigenvalue weighted by molar-refractivity contribution is 5.78. The van der Waals surface area contributed by atoms with E-state index in [1.807, 2.05) is 6.07 Å². The normalized spacial score (nSPS) is 21.2. The number of nitrogens with zero attached hydrogens (tertiary/aromatic N) is 3. The minimum atomic E-state index is 0.489. The van der Waals surface area contributed by atoms with Crippen LogP contribution in [0.1, 0.15) is 13.3 Å². The van der Waals surface area contributed by atoms with Crippen LogP contribution in [0, 0.1) is 0 Å². The third-order valence-corrected chi connectivity index (χ3v) is 3.74. The molecule has 1 N–H and O–H groups in total. The zero-order valence-corrected chi connectivity index (χ0v) is 11.1. The first-order valence-electron chi connectivity index (χ1n) is 6.66. The Hall–Kier alpha value is -1.55. The Morgan fingerprint density at radius 2 is 2.17 bits per heavy atom. The predicted octanol–water partition coefficient (Wildman–Crippen LogP) is 1.76. The Morgan fingerprint density at radius 3 is 3.00 bits per heavy atom. The SMILES string of the molecule is CC1CNCCCN1c1nc2ccccc2n1C. The summed E-state index contributed by atoms with van der Waals surface area (Å²) in [5.74, 6) is 1.09. The summed E-state index contributed by atoms with van der Waals surface area (Å²) in [5.41, 5.74) is 2.29. The molecule has 1 atom stereocenters. The molecule has 0 amide bonds. The van der Waals surface area contributed by atoms with Gasteiger partial charge in [0.05, 0.1) is 11.0 Å². The van der Waals surface area contributed by atoms with E-state index in [2.05, 4.69) is 47.0 Å². The van der Waals surface area contributed by atoms with E-state index in [0.717, 1.165) is 31.1 Å². The highest BCUT2D eigenvalue weighted by Gasteiger charge is 2.21. The second kappa shape index (κ2) is 4.61. The van der Waals surface area contributed by atoms with Crippen LogP contribution in [0.5, 0.6) is 0 Å². The van der Waals surface area contributed by atoms with Gasteiger partial charge < -0.3 is 14.8 Å². The van der Waals surface area contributed by atoms with E-state index in [0.29, 0.717) is 6.04 Å². The molecule has 4 nitrogen and oxygen atoms in total. The number of aryl methyl sites for hydroxylation is 1. The highest BCUT2D eigenvalue weighted by atomic mass is 15.3. The molecule has 2 aromatic rings. The quantitative estimate of drug-likeness (QED) is 0.830. The van der Waals surface area contributed by atoms with Gasteiger partial charge >= 0.3 is 0 Å². The highest BCUT2D eigenvalue weighted by Crippen LogP contribution is 2.23. The first kappa shape index (κ1) is 11.5. The van der Waals surface area contributed by atoms with E-state index in [4.69, 9.17) is 4.98 Å². The van der Waals surface area contributed by atoms with Crippen LogP contribution >= 0.6 is 0 Å². The minimum absolute atomic E-state index is 0.489. The lowest BCUT2D eigenvalue weighted by Crippen LogP contribution is -2.38. The number of benzene rings is 1. The molecular weight excluding hydrogens is 224 g/mol. The van der Waals surface area contributed by atoms with Crippen LogP contribution in [0.3, 0.4) is 0 Å². The van der Waals surface area contributed by atoms with Crippen LogP contribution in [-0.2, 0) is 7.05 Å². The van der Waals surface area contributed by atoms with Crippen molar-refractivity contribution in [1.29, 1.82) is 0 Å². The lowest BCUT2D eigenvalue weighted by atomic mass is 10.3. The standard InChI is InChI=1S/C14H20N4/c1-11-10-15-8-5-9-18(11)14-16-12-6-3-4-7-13(12)17(14)2/h3-4,6-7,11,15H,5,8-10H2,1-2H3. The molecule has 0 bridgehead atoms. The average Bonchev–Trinajstić information content (AvgIpc) is 2.57. The number of hydrogen-bond donors (Lipinski definition) is 1. The summed E-state index contributed by atoms with van der Waals surface area (Å²) >= 11 is 0. The summed E-state index contributed by atoms with van der Waals surface area (Å²) in [5, 5.41) is 3.47. The smallest absolute Gasteiger partial charge is 0.206 e. The third kappa shape index (κ3) is 1.86. The molecule has 1 aromatic carbocycles. The summed E-state index contributed by atoms with van der Waals surface area (Å²) in [4.78, 5) is 7.21. The van der Waals surface area contributed by atoms with E-state index in [1.165, 1.54) is 11.9 Å². The molecule has 1 aliphatic heterocycles. The fourth-order valence-corrected chi connectivity index (χ4v) is 2.70. The third-order valence-electron chi connectivity index (χ3n) is 3.74. The van der Waals surface area contributed by atoms with Gasteiger partial charge in [-0.05, 0) is 32.0 Å². The molecule has 2 heterocycles. The van der Waals surface area contributed by atoms with Crippen LogP contribution < -0.4 is 10.2 Å². The van der Waals surface area contributed by atoms with E-state index < -0.39 is 0 Å². The number of fused-ring (bicyclic) bond motifs is 1. The number of imidazole rings is 1. The molecule has 1 aliphatic rings. The Morgan fingerprint density at radius 1 is 1.33 bits per heavy atom. The zero-order chi connectivity index (χ0) is 12.5. The first-order valence-corrected chi connectivity index (χ1v) is 6.66. The fourth-order valence-electron chi connectivity index (χ4n) is 2.70. The molecule has 0 spiro atoms. The maximum Gasteiger partial charge on any atom is 0.206 e. The van der Waals surface area contributed by atoms with Gasteiger partial charge in [0.1, 0.15) is 0 Å². The van der Waals surface area contributed by atoms with Crippen molar-refractivity contribution in [2.45, 2.75) is 19.4 Å². The number of aromatic nitrogens is 2. The van der Waals surface area contributed by atoms with Crippen LogP contribution in [0.4, 0.5) is 5.95 Å². The minimum Gasteiger partial charge on any atom is -0.338 e. The molecule has 0 saturated carbocycles. The second-order valence-electron chi connectivity index (χ2n) is 5.06. The van der Waals surface area contributed by atoms with Gasteiger partial charge in [-0.2, -0.15) is 0 Å². The Kier molecular flexibility index (Phi) is 2.96. The summed E-state index contributed by atoms with van der Waals surface area (Å²) in [6.45, 7) is 5.47. The number of anilines is 1. The summed E-state index contributed by atoms with van der Waals surface area (Å²) < 4.78 is 2.21. The van der Waals surface area contributed by atoms with Crippen molar-refractivity contribution in [3.63, 3.8) is 0 Å². The molecule has 1 saturated heterocycles. The predicted molar refractivity (Wildman–Crippen MR) is 75.0 cm³/mol. The Labute approximate surface area is 108 Å². The second-order valence-corrected chi connectivity index (χ2v) is 5.06. The number of nitrogens with one attached hydrogen (secondary N) is 1. The van der Waals surface area contributed by atoms with Gasteiger partial charge in [0.2, 0.25) is 5.95 Å². The first-order chi connectivity index (χ1) is 8.77. The van der Waals surface area contributed by atoms with Crippen molar-refractivity contribution in [2.24, 2.45) is 7.05 Å². The van der Waals surface area contributed by atoms with Crippen LogP contribution in [0.15, 0.2) is 24.3 Å². The lowest BCUT2D eigenvalue weighted by molar-refractivity contribution is 0.613. The van der Waals surface area contributed by atoms with Crippen LogP contribution in [0.25, 0.3) is 11.0 Å². The number of rotatable bonds is 1. The largest absolute Gasteiger partial charge is 0.338 e. The topological polar surface area (TPSA) is 33.1 Å². The average molecular weight is 244 g/mol. The summed E-state index contributed by atoms with van der Waals surface area (Å²) in [7, 11) is 2.11. The van der Waals surface area contributed by atoms with Gasteiger partial charge in [-0.15, -0.1) is 0 Å². The monoisotopic (exact) mass is 244 g/mol. The van der Waals surface area contributed by atoms with E-state index in [-0.39, 0.29) is 0 Å². The molecule has 1 fully saturated rings. The van der Waals surface area contributed by atoms with Crippen molar-refractivity contribution >= 4 is 17.0 Å². The Bertz CT molecular complexity index is 546. The zero-order valence-electron chi connectivity index (χ0n) is 11.1. The lowest BCUT2D eigenvalue weighted by Gasteiger charge is -2.27. The van der Waals surface area contributed by atoms with Crippen molar-refractivity contribution in [2.75, 3.05) is 24.5 Å². The number of para-hydroxylation sites is 2. The van der Waals surface area contributed by atoms with Gasteiger partial charge in [-0.25, -0.2) is 4.98 Å². The maximum atomic E-state index is 4.79. The van der Waals surface area contributed by atoms with Gasteiger partial charge in [-0.1, -0.05) is 12.1 Å². The van der Waals surface area contributed by atoms with Gasteiger partial charge in [0, 0.05) is 26.2 Å². The van der Waals surface area contributed by atoms with Crippen molar-refractivity contribution < 1.29 is 0 Å². The molecular formula is C14H20N4. The van der Waals surface area contributed by atoms with Crippen LogP contribution in [-0.4, -0.2) is 35.2 Å². The number of hydrogen-bond acceptors (Lipinski definition) is 3. The fraction of sp³-hybridized carbons (Fsp3) is 0.500. The molecule has 1 aromatic heterocycles. The van der Waals surface area contributed by atoms with Crippen LogP contribution in [0.2, 0.25) is 0 Å². The molecule has 1 unspecified atom stereocenters. The molecule has 96 valence electrons.